The Balaban J connectivity index is 1.51. The van der Waals surface area contributed by atoms with Crippen molar-refractivity contribution in [2.45, 2.75) is 43.8 Å². The molecule has 2 aromatic heterocycles. The SMILES string of the molecule is CC(C)n1nc(-c2ccc(NC(=O)Nc3ccc(C(F)(C(F)(F)F)C(F)(F)C(F)(F)F)cc3)cc2)c2c(N)ncnc21. The average Bonchev–Trinajstić information content (AvgIpc) is 3.29. The van der Waals surface area contributed by atoms with Crippen LogP contribution < -0.4 is 16.4 Å². The van der Waals surface area contributed by atoms with Crippen molar-refractivity contribution >= 4 is 34.3 Å². The first-order valence-corrected chi connectivity index (χ1v) is 11.9. The number of aromatic nitrogens is 4. The Morgan fingerprint density at radius 2 is 1.33 bits per heavy atom. The lowest BCUT2D eigenvalue weighted by molar-refractivity contribution is -0.389. The molecule has 8 nitrogen and oxygen atoms in total. The molecule has 0 spiro atoms. The van der Waals surface area contributed by atoms with Gasteiger partial charge < -0.3 is 16.4 Å². The third-order valence-electron chi connectivity index (χ3n) is 6.14. The molecule has 42 heavy (non-hydrogen) atoms. The first-order valence-electron chi connectivity index (χ1n) is 11.9. The van der Waals surface area contributed by atoms with Crippen molar-refractivity contribution in [3.05, 3.63) is 60.4 Å². The fraction of sp³-hybridized carbons (Fsp3) is 0.280. The van der Waals surface area contributed by atoms with Crippen molar-refractivity contribution in [2.75, 3.05) is 16.4 Å². The number of hydrogen-bond donors (Lipinski definition) is 3. The summed E-state index contributed by atoms with van der Waals surface area (Å²) in [5.74, 6) is -6.59. The first-order chi connectivity index (χ1) is 19.4. The molecule has 0 radical (unpaired) electrons. The van der Waals surface area contributed by atoms with E-state index in [1.807, 2.05) is 13.8 Å². The highest BCUT2D eigenvalue weighted by Gasteiger charge is 2.81. The smallest absolute Gasteiger partial charge is 0.383 e. The van der Waals surface area contributed by atoms with Crippen LogP contribution in [-0.2, 0) is 5.67 Å². The fourth-order valence-corrected chi connectivity index (χ4v) is 4.06. The monoisotopic (exact) mass is 605 g/mol. The normalized spacial score (nSPS) is 14.2. The zero-order chi connectivity index (χ0) is 31.3. The molecule has 4 N–H and O–H groups in total. The lowest BCUT2D eigenvalue weighted by Gasteiger charge is -2.36. The topological polar surface area (TPSA) is 111 Å². The van der Waals surface area contributed by atoms with Gasteiger partial charge in [0.05, 0.1) is 5.39 Å². The molecule has 0 saturated carbocycles. The van der Waals surface area contributed by atoms with E-state index in [0.29, 0.717) is 34.4 Å². The molecule has 2 heterocycles. The molecule has 0 saturated heterocycles. The number of alkyl halides is 9. The standard InChI is InChI=1S/C25H20F9N7O/c1-12(2)41-20-17(19(35)36-11-37-20)18(40-41)13-3-7-15(8-4-13)38-21(42)39-16-9-5-14(6-10-16)22(26,24(29,30)31)23(27,28)25(32,33)34/h3-12H,1-2H3,(H2,35,36,37)(H2,38,39,42). The third-order valence-corrected chi connectivity index (χ3v) is 6.14. The van der Waals surface area contributed by atoms with Crippen LogP contribution in [0.5, 0.6) is 0 Å². The highest BCUT2D eigenvalue weighted by Crippen LogP contribution is 2.58. The van der Waals surface area contributed by atoms with Crippen LogP contribution in [0.25, 0.3) is 22.3 Å². The number of benzene rings is 2. The van der Waals surface area contributed by atoms with Crippen LogP contribution in [0.2, 0.25) is 0 Å². The van der Waals surface area contributed by atoms with E-state index in [1.165, 1.54) is 18.5 Å². The Bertz CT molecular complexity index is 1600. The predicted octanol–water partition coefficient (Wildman–Crippen LogP) is 7.23. The van der Waals surface area contributed by atoms with Crippen molar-refractivity contribution in [1.82, 2.24) is 19.7 Å². The molecule has 4 rings (SSSR count). The van der Waals surface area contributed by atoms with E-state index in [2.05, 4.69) is 25.7 Å². The van der Waals surface area contributed by atoms with Crippen LogP contribution in [-0.4, -0.2) is 44.1 Å². The van der Waals surface area contributed by atoms with E-state index < -0.39 is 35.5 Å². The molecule has 0 aliphatic heterocycles. The van der Waals surface area contributed by atoms with E-state index in [4.69, 9.17) is 5.73 Å². The fourth-order valence-electron chi connectivity index (χ4n) is 4.06. The van der Waals surface area contributed by atoms with Gasteiger partial charge in [-0.1, -0.05) is 24.3 Å². The summed E-state index contributed by atoms with van der Waals surface area (Å²) in [6, 6.07) is 6.41. The molecule has 2 amide bonds. The average molecular weight is 605 g/mol. The summed E-state index contributed by atoms with van der Waals surface area (Å²) < 4.78 is 121. The zero-order valence-corrected chi connectivity index (χ0v) is 21.4. The van der Waals surface area contributed by atoms with Gasteiger partial charge in [0.1, 0.15) is 17.8 Å². The van der Waals surface area contributed by atoms with Crippen LogP contribution >= 0.6 is 0 Å². The van der Waals surface area contributed by atoms with Gasteiger partial charge in [-0.2, -0.15) is 40.2 Å². The number of carbonyl (C=O) groups excluding carboxylic acids is 1. The van der Waals surface area contributed by atoms with E-state index in [9.17, 15) is 44.3 Å². The molecule has 0 aliphatic carbocycles. The van der Waals surface area contributed by atoms with Crippen molar-refractivity contribution in [3.8, 4) is 11.3 Å². The Kier molecular flexibility index (Phi) is 7.50. The minimum atomic E-state index is -6.84. The van der Waals surface area contributed by atoms with Gasteiger partial charge >= 0.3 is 30.0 Å². The molecule has 2 aromatic carbocycles. The summed E-state index contributed by atoms with van der Waals surface area (Å²) in [5.41, 5.74) is -0.544. The number of hydrogen-bond acceptors (Lipinski definition) is 5. The number of nitrogens with zero attached hydrogens (tertiary/aromatic N) is 4. The number of rotatable bonds is 6. The maximum absolute atomic E-state index is 14.6. The summed E-state index contributed by atoms with van der Waals surface area (Å²) in [7, 11) is 0. The molecule has 1 unspecified atom stereocenters. The van der Waals surface area contributed by atoms with E-state index in [1.54, 1.807) is 16.8 Å². The maximum Gasteiger partial charge on any atom is 0.457 e. The van der Waals surface area contributed by atoms with Gasteiger partial charge in [-0.15, -0.1) is 0 Å². The number of amides is 2. The second-order valence-electron chi connectivity index (χ2n) is 9.31. The Morgan fingerprint density at radius 1 is 0.810 bits per heavy atom. The molecule has 1 atom stereocenters. The molecule has 0 aliphatic rings. The van der Waals surface area contributed by atoms with Crippen LogP contribution in [0.15, 0.2) is 54.9 Å². The lowest BCUT2D eigenvalue weighted by Crippen LogP contribution is -2.59. The summed E-state index contributed by atoms with van der Waals surface area (Å²) in [4.78, 5) is 20.6. The summed E-state index contributed by atoms with van der Waals surface area (Å²) in [6.45, 7) is 3.80. The molecular formula is C25H20F9N7O. The number of anilines is 3. The maximum atomic E-state index is 14.6. The third kappa shape index (κ3) is 5.14. The van der Waals surface area contributed by atoms with Crippen LogP contribution in [0.4, 0.5) is 61.5 Å². The minimum absolute atomic E-state index is 0.0508. The van der Waals surface area contributed by atoms with Gasteiger partial charge in [-0.3, -0.25) is 0 Å². The van der Waals surface area contributed by atoms with Crippen molar-refractivity contribution in [2.24, 2.45) is 0 Å². The van der Waals surface area contributed by atoms with Crippen LogP contribution in [0, 0.1) is 0 Å². The lowest BCUT2D eigenvalue weighted by atomic mass is 9.87. The number of urea groups is 1. The Labute approximate surface area is 230 Å². The quantitative estimate of drug-likeness (QED) is 0.201. The van der Waals surface area contributed by atoms with Gasteiger partial charge in [0.15, 0.2) is 5.65 Å². The van der Waals surface area contributed by atoms with Crippen molar-refractivity contribution < 1.29 is 44.3 Å². The Morgan fingerprint density at radius 3 is 1.81 bits per heavy atom. The van der Waals surface area contributed by atoms with Gasteiger partial charge in [-0.05, 0) is 38.1 Å². The van der Waals surface area contributed by atoms with E-state index in [-0.39, 0.29) is 35.4 Å². The van der Waals surface area contributed by atoms with Gasteiger partial charge in [-0.25, -0.2) is 23.8 Å². The van der Waals surface area contributed by atoms with E-state index >= 15 is 0 Å². The molecule has 224 valence electrons. The van der Waals surface area contributed by atoms with Crippen molar-refractivity contribution in [3.63, 3.8) is 0 Å². The summed E-state index contributed by atoms with van der Waals surface area (Å²) in [5, 5.41) is 9.64. The second-order valence-corrected chi connectivity index (χ2v) is 9.31. The number of carbonyl (C=O) groups is 1. The predicted molar refractivity (Wildman–Crippen MR) is 134 cm³/mol. The molecule has 4 aromatic rings. The van der Waals surface area contributed by atoms with Gasteiger partial charge in [0.2, 0.25) is 0 Å². The Hall–Kier alpha value is -4.57. The first kappa shape index (κ1) is 30.4. The van der Waals surface area contributed by atoms with E-state index in [0.717, 1.165) is 0 Å². The van der Waals surface area contributed by atoms with Crippen molar-refractivity contribution in [1.29, 1.82) is 0 Å². The number of nitrogens with two attached hydrogens (primary N) is 1. The summed E-state index contributed by atoms with van der Waals surface area (Å²) in [6.07, 6.45) is -12.2. The highest BCUT2D eigenvalue weighted by molar-refractivity contribution is 6.01. The highest BCUT2D eigenvalue weighted by atomic mass is 19.4. The van der Waals surface area contributed by atoms with Crippen LogP contribution in [0.1, 0.15) is 25.5 Å². The number of halogens is 9. The molecule has 0 fully saturated rings. The molecule has 17 heteroatoms. The van der Waals surface area contributed by atoms with Crippen LogP contribution in [0.3, 0.4) is 0 Å². The zero-order valence-electron chi connectivity index (χ0n) is 21.4. The number of fused-ring (bicyclic) bond motifs is 1. The van der Waals surface area contributed by atoms with Gasteiger partial charge in [0, 0.05) is 28.5 Å². The largest absolute Gasteiger partial charge is 0.457 e. The summed E-state index contributed by atoms with van der Waals surface area (Å²) >= 11 is 0. The minimum Gasteiger partial charge on any atom is -0.383 e. The number of nitrogens with one attached hydrogen (secondary N) is 2. The van der Waals surface area contributed by atoms with Gasteiger partial charge in [0.25, 0.3) is 0 Å². The molecular weight excluding hydrogens is 585 g/mol. The second kappa shape index (κ2) is 10.4. The molecule has 0 bridgehead atoms. The number of nitrogen functional groups attached to an aromatic ring is 1.